The Labute approximate surface area is 426 Å². The molecular formula is C53H68ClN9O7S. The maximum atomic E-state index is 14.2. The molecule has 0 bridgehead atoms. The minimum Gasteiger partial charge on any atom is -0.489 e. The number of thiazole rings is 1. The quantitative estimate of drug-likeness (QED) is 0.0740. The Balaban J connectivity index is 0.838. The van der Waals surface area contributed by atoms with Gasteiger partial charge in [-0.2, -0.15) is 5.26 Å². The third-order valence-corrected chi connectivity index (χ3v) is 15.7. The number of benzene rings is 2. The Kier molecular flexibility index (Phi) is 16.5. The molecule has 18 heteroatoms. The number of ether oxygens (including phenoxy) is 1. The number of aryl methyl sites for hydroxylation is 1. The fourth-order valence-electron chi connectivity index (χ4n) is 10.6. The summed E-state index contributed by atoms with van der Waals surface area (Å²) in [5.74, 6) is -0.0123. The largest absolute Gasteiger partial charge is 0.489 e. The third-order valence-electron chi connectivity index (χ3n) is 14.4. The molecule has 4 heterocycles. The Bertz CT molecular complexity index is 2570. The van der Waals surface area contributed by atoms with Gasteiger partial charge in [0, 0.05) is 74.7 Å². The molecule has 2 saturated heterocycles. The van der Waals surface area contributed by atoms with E-state index in [0.29, 0.717) is 33.9 Å². The number of nitriles is 1. The number of amides is 4. The number of nitrogens with zero attached hydrogens (tertiary/aromatic N) is 6. The number of likely N-dealkylation sites (tertiary alicyclic amines) is 1. The number of unbranched alkanes of at least 4 members (excludes halogenated alkanes) is 1. The van der Waals surface area contributed by atoms with Crippen molar-refractivity contribution in [3.8, 4) is 22.3 Å². The first kappa shape index (κ1) is 53.2. The molecule has 2 aromatic heterocycles. The molecule has 2 aromatic carbocycles. The minimum atomic E-state index is -0.979. The van der Waals surface area contributed by atoms with Crippen molar-refractivity contribution in [1.29, 1.82) is 5.26 Å². The molecule has 4 amide bonds. The molecule has 1 unspecified atom stereocenters. The summed E-state index contributed by atoms with van der Waals surface area (Å²) in [6.45, 7) is 19.3. The highest BCUT2D eigenvalue weighted by atomic mass is 35.5. The van der Waals surface area contributed by atoms with E-state index in [1.54, 1.807) is 29.9 Å². The SMILES string of the molecule is Cc1ncsc1-c1ccc([C@H](CO)NC(=O)[C@@H]2C[C@@H](O)CN2C(=O)C(NC(=O)CCCCN2CCN(c3ccc(C(=O)N[C@H]4C(C)(C)[C@H](Oc5ccc(C#N)c(Cl)c5)C4(C)C)cn3)CC2)C(C)(C)C)cc1. The normalized spacial score (nSPS) is 21.6. The highest BCUT2D eigenvalue weighted by Crippen LogP contribution is 2.55. The van der Waals surface area contributed by atoms with Gasteiger partial charge in [-0.05, 0) is 67.1 Å². The number of piperazine rings is 1. The molecule has 1 saturated carbocycles. The molecule has 3 fully saturated rings. The lowest BCUT2D eigenvalue weighted by Gasteiger charge is -2.63. The number of carbonyl (C=O) groups is 4. The molecule has 3 aliphatic rings. The number of aliphatic hydroxyl groups is 2. The highest BCUT2D eigenvalue weighted by Gasteiger charge is 2.64. The molecule has 16 nitrogen and oxygen atoms in total. The Morgan fingerprint density at radius 1 is 0.972 bits per heavy atom. The maximum absolute atomic E-state index is 14.2. The summed E-state index contributed by atoms with van der Waals surface area (Å²) in [5.41, 5.74) is 3.76. The van der Waals surface area contributed by atoms with E-state index >= 15 is 0 Å². The molecule has 71 heavy (non-hydrogen) atoms. The smallest absolute Gasteiger partial charge is 0.253 e. The first-order valence-electron chi connectivity index (χ1n) is 24.4. The number of rotatable bonds is 17. The van der Waals surface area contributed by atoms with Crippen molar-refractivity contribution in [2.45, 2.75) is 117 Å². The number of β-amino-alcohol motifs (C(OH)–C–C–N with tert-alkyl or cyclic N) is 1. The van der Waals surface area contributed by atoms with Gasteiger partial charge < -0.3 is 40.7 Å². The van der Waals surface area contributed by atoms with Crippen molar-refractivity contribution < 1.29 is 34.1 Å². The Morgan fingerprint density at radius 2 is 1.68 bits per heavy atom. The number of halogens is 1. The summed E-state index contributed by atoms with van der Waals surface area (Å²) in [5, 5.41) is 39.6. The van der Waals surface area contributed by atoms with Gasteiger partial charge in [0.15, 0.2) is 0 Å². The zero-order valence-corrected chi connectivity index (χ0v) is 43.6. The summed E-state index contributed by atoms with van der Waals surface area (Å²) in [4.78, 5) is 70.8. The monoisotopic (exact) mass is 1010 g/mol. The first-order chi connectivity index (χ1) is 33.6. The minimum absolute atomic E-state index is 0.0388. The number of nitrogens with one attached hydrogen (secondary N) is 3. The topological polar surface area (TPSA) is 213 Å². The predicted octanol–water partition coefficient (Wildman–Crippen LogP) is 6.29. The van der Waals surface area contributed by atoms with Gasteiger partial charge in [0.2, 0.25) is 17.7 Å². The van der Waals surface area contributed by atoms with Gasteiger partial charge in [-0.3, -0.25) is 24.1 Å². The van der Waals surface area contributed by atoms with E-state index in [2.05, 4.69) is 69.5 Å². The van der Waals surface area contributed by atoms with Crippen LogP contribution in [0.4, 0.5) is 5.82 Å². The lowest BCUT2D eigenvalue weighted by Crippen LogP contribution is -2.74. The summed E-state index contributed by atoms with van der Waals surface area (Å²) >= 11 is 7.79. The van der Waals surface area contributed by atoms with Gasteiger partial charge >= 0.3 is 0 Å². The number of hydrogen-bond acceptors (Lipinski definition) is 13. The molecule has 2 aliphatic heterocycles. The first-order valence-corrected chi connectivity index (χ1v) is 25.7. The van der Waals surface area contributed by atoms with E-state index in [0.717, 1.165) is 61.1 Å². The Morgan fingerprint density at radius 3 is 2.27 bits per heavy atom. The molecular weight excluding hydrogens is 942 g/mol. The molecule has 1 aliphatic carbocycles. The van der Waals surface area contributed by atoms with Crippen molar-refractivity contribution in [1.82, 2.24) is 35.7 Å². The van der Waals surface area contributed by atoms with E-state index in [4.69, 9.17) is 16.3 Å². The van der Waals surface area contributed by atoms with Crippen LogP contribution in [0.2, 0.25) is 5.02 Å². The zero-order valence-electron chi connectivity index (χ0n) is 42.0. The van der Waals surface area contributed by atoms with E-state index in [9.17, 15) is 34.7 Å². The van der Waals surface area contributed by atoms with Crippen molar-refractivity contribution in [2.24, 2.45) is 16.2 Å². The lowest BCUT2D eigenvalue weighted by atomic mass is 9.49. The molecule has 4 atom stereocenters. The van der Waals surface area contributed by atoms with Gasteiger partial charge in [0.05, 0.1) is 51.0 Å². The standard InChI is InChI=1S/C53H68ClN9O7S/c1-32-44(71-31-57-32)34-14-12-33(13-15-34)40(30-64)58-47(68)41-25-37(65)29-63(41)48(69)45(51(2,3)4)59-43(66)11-9-10-20-61-21-23-62(24-22-61)42-19-17-36(28-56-42)46(67)60-49-52(5,6)50(53(49,7)8)70-38-18-16-35(27-55)39(54)26-38/h12-19,26,28,31,37,40-41,45,49-50,64-65H,9-11,20-25,29-30H2,1-8H3,(H,58,68)(H,59,66)(H,60,67)/t37-,40+,41+,45?,49-,50-/m1/s1. The molecule has 7 rings (SSSR count). The average Bonchev–Trinajstić information content (AvgIpc) is 3.96. The van der Waals surface area contributed by atoms with Gasteiger partial charge in [0.25, 0.3) is 5.91 Å². The van der Waals surface area contributed by atoms with Crippen LogP contribution < -0.4 is 25.6 Å². The van der Waals surface area contributed by atoms with Crippen LogP contribution in [0, 0.1) is 34.5 Å². The number of carbonyl (C=O) groups excluding carboxylic acids is 4. The molecule has 0 spiro atoms. The summed E-state index contributed by atoms with van der Waals surface area (Å²) in [7, 11) is 0. The van der Waals surface area contributed by atoms with E-state index in [1.165, 1.54) is 16.2 Å². The van der Waals surface area contributed by atoms with Crippen LogP contribution in [0.1, 0.15) is 107 Å². The van der Waals surface area contributed by atoms with Crippen LogP contribution in [0.25, 0.3) is 10.4 Å². The average molecular weight is 1010 g/mol. The second kappa shape index (κ2) is 22.0. The van der Waals surface area contributed by atoms with E-state index in [-0.39, 0.29) is 50.0 Å². The zero-order chi connectivity index (χ0) is 51.4. The van der Waals surface area contributed by atoms with Gasteiger partial charge in [-0.15, -0.1) is 11.3 Å². The van der Waals surface area contributed by atoms with Crippen molar-refractivity contribution in [3.63, 3.8) is 0 Å². The van der Waals surface area contributed by atoms with Crippen molar-refractivity contribution in [3.05, 3.63) is 93.7 Å². The lowest BCUT2D eigenvalue weighted by molar-refractivity contribution is -0.164. The molecule has 4 aromatic rings. The van der Waals surface area contributed by atoms with Crippen LogP contribution >= 0.6 is 22.9 Å². The second-order valence-electron chi connectivity index (χ2n) is 21.4. The summed E-state index contributed by atoms with van der Waals surface area (Å²) in [6.07, 6.45) is 2.16. The molecule has 380 valence electrons. The van der Waals surface area contributed by atoms with E-state index in [1.807, 2.05) is 64.1 Å². The maximum Gasteiger partial charge on any atom is 0.253 e. The number of pyridine rings is 1. The summed E-state index contributed by atoms with van der Waals surface area (Å²) < 4.78 is 6.37. The van der Waals surface area contributed by atoms with Crippen LogP contribution in [0.15, 0.2) is 66.3 Å². The summed E-state index contributed by atoms with van der Waals surface area (Å²) in [6, 6.07) is 15.5. The van der Waals surface area contributed by atoms with Gasteiger partial charge in [-0.25, -0.2) is 9.97 Å². The number of aliphatic hydroxyl groups excluding tert-OH is 2. The second-order valence-corrected chi connectivity index (χ2v) is 22.6. The van der Waals surface area contributed by atoms with Crippen LogP contribution in [0.3, 0.4) is 0 Å². The Hall–Kier alpha value is -5.64. The predicted molar refractivity (Wildman–Crippen MR) is 274 cm³/mol. The van der Waals surface area contributed by atoms with Crippen molar-refractivity contribution >= 4 is 52.4 Å². The van der Waals surface area contributed by atoms with Crippen molar-refractivity contribution in [2.75, 3.05) is 50.8 Å². The molecule has 0 radical (unpaired) electrons. The van der Waals surface area contributed by atoms with E-state index < -0.39 is 52.3 Å². The van der Waals surface area contributed by atoms with Crippen LogP contribution in [-0.4, -0.2) is 130 Å². The van der Waals surface area contributed by atoms with Gasteiger partial charge in [0.1, 0.15) is 35.8 Å². The fraction of sp³-hybridized carbons (Fsp3) is 0.528. The number of aromatic nitrogens is 2. The van der Waals surface area contributed by atoms with Crippen LogP contribution in [0.5, 0.6) is 5.75 Å². The third kappa shape index (κ3) is 12.0. The fourth-order valence-corrected chi connectivity index (χ4v) is 11.7. The molecule has 5 N–H and O–H groups in total. The van der Waals surface area contributed by atoms with Crippen LogP contribution in [-0.2, 0) is 14.4 Å². The van der Waals surface area contributed by atoms with Gasteiger partial charge in [-0.1, -0.05) is 84.3 Å². The number of hydrogen-bond donors (Lipinski definition) is 5. The highest BCUT2D eigenvalue weighted by molar-refractivity contribution is 7.13. The number of anilines is 1.